The van der Waals surface area contributed by atoms with E-state index in [-0.39, 0.29) is 16.5 Å². The van der Waals surface area contributed by atoms with Crippen molar-refractivity contribution in [1.29, 1.82) is 0 Å². The van der Waals surface area contributed by atoms with E-state index in [0.717, 1.165) is 41.0 Å². The van der Waals surface area contributed by atoms with Crippen LogP contribution in [0.5, 0.6) is 0 Å². The zero-order chi connectivity index (χ0) is 26.5. The third kappa shape index (κ3) is 4.42. The maximum absolute atomic E-state index is 13.7. The number of aromatic nitrogens is 3. The molecule has 0 atom stereocenters. The molecule has 1 amide bonds. The molecule has 0 spiro atoms. The summed E-state index contributed by atoms with van der Waals surface area (Å²) >= 11 is 0. The molecule has 3 heterocycles. The first kappa shape index (κ1) is 25.1. The van der Waals surface area contributed by atoms with Gasteiger partial charge in [0.25, 0.3) is 5.91 Å². The molecule has 1 aliphatic heterocycles. The van der Waals surface area contributed by atoms with Crippen LogP contribution in [0.4, 0.5) is 5.69 Å². The largest absolute Gasteiger partial charge is 0.320 e. The zero-order valence-electron chi connectivity index (χ0n) is 21.8. The van der Waals surface area contributed by atoms with Crippen molar-refractivity contribution < 1.29 is 13.2 Å². The molecule has 2 aromatic heterocycles. The Morgan fingerprint density at radius 1 is 0.919 bits per heavy atom. The monoisotopic (exact) mass is 517 g/mol. The number of para-hydroxylation sites is 1. The average Bonchev–Trinajstić information content (AvgIpc) is 3.51. The summed E-state index contributed by atoms with van der Waals surface area (Å²) in [6, 6.07) is 13.0. The first-order chi connectivity index (χ1) is 17.6. The lowest BCUT2D eigenvalue weighted by molar-refractivity contribution is 0.102. The van der Waals surface area contributed by atoms with E-state index in [1.54, 1.807) is 23.6 Å². The highest BCUT2D eigenvalue weighted by molar-refractivity contribution is 7.89. The van der Waals surface area contributed by atoms with Gasteiger partial charge in [-0.25, -0.2) is 17.9 Å². The molecule has 1 aliphatic rings. The zero-order valence-corrected chi connectivity index (χ0v) is 22.6. The second-order valence-electron chi connectivity index (χ2n) is 9.81. The summed E-state index contributed by atoms with van der Waals surface area (Å²) < 4.78 is 30.2. The Hall–Kier alpha value is -3.56. The number of anilines is 1. The van der Waals surface area contributed by atoms with Crippen molar-refractivity contribution >= 4 is 27.3 Å². The van der Waals surface area contributed by atoms with Crippen LogP contribution in [0.25, 0.3) is 16.8 Å². The Morgan fingerprint density at radius 2 is 1.59 bits per heavy atom. The van der Waals surface area contributed by atoms with Crippen LogP contribution in [-0.2, 0) is 10.0 Å². The third-order valence-corrected chi connectivity index (χ3v) is 9.03. The summed E-state index contributed by atoms with van der Waals surface area (Å²) in [6.45, 7) is 10.5. The van der Waals surface area contributed by atoms with Gasteiger partial charge in [-0.3, -0.25) is 4.79 Å². The highest BCUT2D eigenvalue weighted by atomic mass is 32.2. The summed E-state index contributed by atoms with van der Waals surface area (Å²) in [4.78, 5) is 18.7. The second kappa shape index (κ2) is 9.39. The van der Waals surface area contributed by atoms with Crippen molar-refractivity contribution in [2.75, 3.05) is 18.4 Å². The van der Waals surface area contributed by atoms with Crippen LogP contribution >= 0.6 is 0 Å². The number of hydrogen-bond donors (Lipinski definition) is 1. The SMILES string of the molecule is Cc1cc(C)n2nc(C(=O)Nc3c(C)cccc3C)c(-c3ccc(C)c(S(=O)(=O)N4CCCC4)c3)c2n1. The van der Waals surface area contributed by atoms with E-state index < -0.39 is 10.0 Å². The normalized spacial score (nSPS) is 14.4. The first-order valence-electron chi connectivity index (χ1n) is 12.4. The van der Waals surface area contributed by atoms with Crippen molar-refractivity contribution in [2.24, 2.45) is 0 Å². The highest BCUT2D eigenvalue weighted by Gasteiger charge is 2.30. The van der Waals surface area contributed by atoms with Gasteiger partial charge in [0.05, 0.1) is 10.5 Å². The minimum atomic E-state index is -3.66. The lowest BCUT2D eigenvalue weighted by Crippen LogP contribution is -2.28. The Kier molecular flexibility index (Phi) is 6.37. The number of benzene rings is 2. The molecule has 2 aromatic carbocycles. The van der Waals surface area contributed by atoms with Gasteiger partial charge in [0.1, 0.15) is 0 Å². The summed E-state index contributed by atoms with van der Waals surface area (Å²) in [7, 11) is -3.66. The Bertz CT molecular complexity index is 1630. The molecule has 5 rings (SSSR count). The second-order valence-corrected chi connectivity index (χ2v) is 11.7. The van der Waals surface area contributed by atoms with E-state index in [1.165, 1.54) is 4.31 Å². The Morgan fingerprint density at radius 3 is 2.27 bits per heavy atom. The van der Waals surface area contributed by atoms with Gasteiger partial charge in [0.2, 0.25) is 10.0 Å². The Balaban J connectivity index is 1.70. The predicted octanol–water partition coefficient (Wildman–Crippen LogP) is 4.98. The predicted molar refractivity (Wildman–Crippen MR) is 144 cm³/mol. The molecule has 192 valence electrons. The fourth-order valence-electron chi connectivity index (χ4n) is 5.03. The van der Waals surface area contributed by atoms with Crippen LogP contribution < -0.4 is 5.32 Å². The van der Waals surface area contributed by atoms with Crippen molar-refractivity contribution in [1.82, 2.24) is 18.9 Å². The number of sulfonamides is 1. The maximum atomic E-state index is 13.7. The van der Waals surface area contributed by atoms with Gasteiger partial charge in [0, 0.05) is 30.2 Å². The number of carbonyl (C=O) groups is 1. The topological polar surface area (TPSA) is 96.7 Å². The van der Waals surface area contributed by atoms with E-state index in [2.05, 4.69) is 10.4 Å². The van der Waals surface area contributed by atoms with E-state index in [1.807, 2.05) is 58.0 Å². The molecule has 9 heteroatoms. The van der Waals surface area contributed by atoms with Gasteiger partial charge in [-0.05, 0) is 81.8 Å². The molecular weight excluding hydrogens is 486 g/mol. The number of fused-ring (bicyclic) bond motifs is 1. The van der Waals surface area contributed by atoms with E-state index >= 15 is 0 Å². The number of hydrogen-bond acceptors (Lipinski definition) is 5. The summed E-state index contributed by atoms with van der Waals surface area (Å²) in [5.74, 6) is -0.375. The molecule has 0 saturated carbocycles. The van der Waals surface area contributed by atoms with Gasteiger partial charge < -0.3 is 5.32 Å². The summed E-state index contributed by atoms with van der Waals surface area (Å²) in [5, 5.41) is 7.69. The number of amides is 1. The third-order valence-electron chi connectivity index (χ3n) is 6.99. The van der Waals surface area contributed by atoms with Gasteiger partial charge in [-0.2, -0.15) is 9.40 Å². The number of nitrogens with one attached hydrogen (secondary N) is 1. The molecule has 37 heavy (non-hydrogen) atoms. The fourth-order valence-corrected chi connectivity index (χ4v) is 6.80. The van der Waals surface area contributed by atoms with E-state index in [9.17, 15) is 13.2 Å². The van der Waals surface area contributed by atoms with Crippen molar-refractivity contribution in [2.45, 2.75) is 52.4 Å². The highest BCUT2D eigenvalue weighted by Crippen LogP contribution is 2.34. The molecule has 1 N–H and O–H groups in total. The molecule has 1 saturated heterocycles. The van der Waals surface area contributed by atoms with Gasteiger partial charge in [-0.1, -0.05) is 30.3 Å². The molecule has 0 aliphatic carbocycles. The molecule has 0 unspecified atom stereocenters. The van der Waals surface area contributed by atoms with Crippen LogP contribution in [-0.4, -0.2) is 46.3 Å². The lowest BCUT2D eigenvalue weighted by Gasteiger charge is -2.18. The maximum Gasteiger partial charge on any atom is 0.276 e. The Labute approximate surface area is 217 Å². The number of aryl methyl sites for hydroxylation is 5. The summed E-state index contributed by atoms with van der Waals surface area (Å²) in [5.41, 5.74) is 6.69. The lowest BCUT2D eigenvalue weighted by atomic mass is 10.0. The average molecular weight is 518 g/mol. The minimum absolute atomic E-state index is 0.192. The molecule has 0 radical (unpaired) electrons. The molecule has 0 bridgehead atoms. The molecule has 8 nitrogen and oxygen atoms in total. The van der Waals surface area contributed by atoms with Crippen molar-refractivity contribution in [3.8, 4) is 11.1 Å². The quantitative estimate of drug-likeness (QED) is 0.403. The molecule has 4 aromatic rings. The van der Waals surface area contributed by atoms with E-state index in [4.69, 9.17) is 4.98 Å². The first-order valence-corrected chi connectivity index (χ1v) is 13.9. The van der Waals surface area contributed by atoms with Crippen LogP contribution in [0.15, 0.2) is 47.4 Å². The minimum Gasteiger partial charge on any atom is -0.320 e. The molecule has 1 fully saturated rings. The number of rotatable bonds is 5. The van der Waals surface area contributed by atoms with Crippen LogP contribution in [0.1, 0.15) is 51.4 Å². The van der Waals surface area contributed by atoms with Gasteiger partial charge in [-0.15, -0.1) is 0 Å². The van der Waals surface area contributed by atoms with Crippen LogP contribution in [0, 0.1) is 34.6 Å². The van der Waals surface area contributed by atoms with Crippen LogP contribution in [0.2, 0.25) is 0 Å². The van der Waals surface area contributed by atoms with Crippen molar-refractivity contribution in [3.05, 3.63) is 76.2 Å². The number of carbonyl (C=O) groups excluding carboxylic acids is 1. The summed E-state index contributed by atoms with van der Waals surface area (Å²) in [6.07, 6.45) is 1.72. The van der Waals surface area contributed by atoms with Gasteiger partial charge in [0.15, 0.2) is 11.3 Å². The standard InChI is InChI=1S/C28H31N5O3S/c1-17-11-12-22(16-23(17)37(35,36)32-13-6-7-14-32)24-26(31-33-21(5)15-20(4)29-27(24)33)28(34)30-25-18(2)9-8-10-19(25)3/h8-12,15-16H,6-7,13-14H2,1-5H3,(H,30,34). The molecular formula is C28H31N5O3S. The van der Waals surface area contributed by atoms with Gasteiger partial charge >= 0.3 is 0 Å². The van der Waals surface area contributed by atoms with Crippen molar-refractivity contribution in [3.63, 3.8) is 0 Å². The van der Waals surface area contributed by atoms with Crippen LogP contribution in [0.3, 0.4) is 0 Å². The smallest absolute Gasteiger partial charge is 0.276 e. The van der Waals surface area contributed by atoms with E-state index in [0.29, 0.717) is 35.4 Å². The number of nitrogens with zero attached hydrogens (tertiary/aromatic N) is 4. The fraction of sp³-hybridized carbons (Fsp3) is 0.321.